The van der Waals surface area contributed by atoms with Crippen LogP contribution in [0.25, 0.3) is 10.9 Å². The lowest BCUT2D eigenvalue weighted by Gasteiger charge is -2.26. The van der Waals surface area contributed by atoms with Gasteiger partial charge in [0.1, 0.15) is 24.1 Å². The van der Waals surface area contributed by atoms with Gasteiger partial charge in [-0.15, -0.1) is 0 Å². The highest BCUT2D eigenvalue weighted by Gasteiger charge is 2.30. The number of benzene rings is 2. The molecule has 2 atom stereocenters. The third-order valence-corrected chi connectivity index (χ3v) is 5.20. The Morgan fingerprint density at radius 3 is 2.73 bits per heavy atom. The summed E-state index contributed by atoms with van der Waals surface area (Å²) in [5.74, 6) is 0.0492. The predicted octanol–water partition coefficient (Wildman–Crippen LogP) is 4.89. The fraction of sp³-hybridized carbons (Fsp3) is 0.348. The van der Waals surface area contributed by atoms with E-state index in [4.69, 9.17) is 14.2 Å². The Morgan fingerprint density at radius 1 is 1.24 bits per heavy atom. The van der Waals surface area contributed by atoms with Crippen LogP contribution in [0.4, 0.5) is 19.0 Å². The number of halogens is 3. The molecule has 0 saturated heterocycles. The topological polar surface area (TPSA) is 82.6 Å². The number of anilines is 1. The lowest BCUT2D eigenvalue weighted by molar-refractivity contribution is -0.153. The number of alkyl halides is 2. The number of carbonyl (C=O) groups is 1. The van der Waals surface area contributed by atoms with Crippen LogP contribution < -0.4 is 14.8 Å². The molecule has 1 aromatic heterocycles. The largest absolute Gasteiger partial charge is 0.485 e. The summed E-state index contributed by atoms with van der Waals surface area (Å²) < 4.78 is 57.2. The van der Waals surface area contributed by atoms with Gasteiger partial charge in [-0.3, -0.25) is 0 Å². The van der Waals surface area contributed by atoms with Gasteiger partial charge in [0.2, 0.25) is 6.10 Å². The summed E-state index contributed by atoms with van der Waals surface area (Å²) in [6.07, 6.45) is -3.80. The highest BCUT2D eigenvalue weighted by Crippen LogP contribution is 2.38. The smallest absolute Gasteiger partial charge is 0.350 e. The van der Waals surface area contributed by atoms with Crippen molar-refractivity contribution in [3.63, 3.8) is 0 Å². The van der Waals surface area contributed by atoms with Gasteiger partial charge in [0, 0.05) is 17.0 Å². The SMILES string of the molecule is CCOC(=O)C1COc2cc3c(N[C@H](C)c4cccc(C(F)F)c4F)nc(C)nc3cc2O1. The molecule has 3 aromatic rings. The molecular weight excluding hydrogens is 439 g/mol. The van der Waals surface area contributed by atoms with Crippen molar-refractivity contribution in [3.8, 4) is 11.5 Å². The average molecular weight is 461 g/mol. The second-order valence-corrected chi connectivity index (χ2v) is 7.52. The number of fused-ring (bicyclic) bond motifs is 2. The van der Waals surface area contributed by atoms with Crippen molar-refractivity contribution in [1.29, 1.82) is 0 Å². The number of aromatic nitrogens is 2. The first kappa shape index (κ1) is 22.6. The lowest BCUT2D eigenvalue weighted by Crippen LogP contribution is -2.37. The summed E-state index contributed by atoms with van der Waals surface area (Å²) in [7, 11) is 0. The lowest BCUT2D eigenvalue weighted by atomic mass is 10.0. The average Bonchev–Trinajstić information content (AvgIpc) is 2.77. The van der Waals surface area contributed by atoms with E-state index in [1.54, 1.807) is 32.9 Å². The minimum atomic E-state index is -2.92. The quantitative estimate of drug-likeness (QED) is 0.524. The molecule has 2 heterocycles. The summed E-state index contributed by atoms with van der Waals surface area (Å²) in [5, 5.41) is 3.66. The van der Waals surface area contributed by atoms with E-state index in [0.29, 0.717) is 34.0 Å². The zero-order valence-electron chi connectivity index (χ0n) is 18.2. The molecule has 7 nitrogen and oxygen atoms in total. The molecule has 0 aliphatic carbocycles. The van der Waals surface area contributed by atoms with E-state index < -0.39 is 35.9 Å². The normalized spacial score (nSPS) is 16.0. The summed E-state index contributed by atoms with van der Waals surface area (Å²) in [6, 6.07) is 6.52. The minimum Gasteiger partial charge on any atom is -0.485 e. The fourth-order valence-electron chi connectivity index (χ4n) is 3.63. The van der Waals surface area contributed by atoms with Gasteiger partial charge < -0.3 is 19.5 Å². The number of ether oxygens (including phenoxy) is 3. The van der Waals surface area contributed by atoms with E-state index in [1.807, 2.05) is 0 Å². The zero-order valence-corrected chi connectivity index (χ0v) is 18.2. The first-order valence-corrected chi connectivity index (χ1v) is 10.4. The summed E-state index contributed by atoms with van der Waals surface area (Å²) in [5.41, 5.74) is -0.0569. The van der Waals surface area contributed by atoms with E-state index in [0.717, 1.165) is 6.07 Å². The second-order valence-electron chi connectivity index (χ2n) is 7.52. The molecule has 174 valence electrons. The van der Waals surface area contributed by atoms with Gasteiger partial charge in [-0.1, -0.05) is 18.2 Å². The van der Waals surface area contributed by atoms with Crippen LogP contribution in [0.15, 0.2) is 30.3 Å². The van der Waals surface area contributed by atoms with Crippen molar-refractivity contribution in [2.45, 2.75) is 39.3 Å². The summed E-state index contributed by atoms with van der Waals surface area (Å²) in [6.45, 7) is 5.25. The van der Waals surface area contributed by atoms with Crippen LogP contribution >= 0.6 is 0 Å². The molecule has 2 aromatic carbocycles. The summed E-state index contributed by atoms with van der Waals surface area (Å²) in [4.78, 5) is 20.8. The number of nitrogens with zero attached hydrogens (tertiary/aromatic N) is 2. The third-order valence-electron chi connectivity index (χ3n) is 5.20. The molecule has 0 saturated carbocycles. The number of hydrogen-bond acceptors (Lipinski definition) is 7. The van der Waals surface area contributed by atoms with Crippen LogP contribution in [0.2, 0.25) is 0 Å². The van der Waals surface area contributed by atoms with E-state index >= 15 is 0 Å². The first-order chi connectivity index (χ1) is 15.8. The maximum atomic E-state index is 14.6. The van der Waals surface area contributed by atoms with Crippen molar-refractivity contribution in [1.82, 2.24) is 9.97 Å². The molecule has 0 fully saturated rings. The zero-order chi connectivity index (χ0) is 23.7. The molecule has 0 bridgehead atoms. The van der Waals surface area contributed by atoms with Gasteiger partial charge in [0.25, 0.3) is 6.43 Å². The Bertz CT molecular complexity index is 1210. The first-order valence-electron chi connectivity index (χ1n) is 10.4. The molecule has 0 spiro atoms. The van der Waals surface area contributed by atoms with Crippen molar-refractivity contribution < 1.29 is 32.2 Å². The second kappa shape index (κ2) is 9.13. The number of carbonyl (C=O) groups excluding carboxylic acids is 1. The van der Waals surface area contributed by atoms with Crippen LogP contribution in [-0.2, 0) is 9.53 Å². The minimum absolute atomic E-state index is 0.0190. The van der Waals surface area contributed by atoms with Gasteiger partial charge >= 0.3 is 5.97 Å². The van der Waals surface area contributed by atoms with Crippen LogP contribution in [0.3, 0.4) is 0 Å². The Labute approximate surface area is 187 Å². The Kier molecular flexibility index (Phi) is 6.26. The highest BCUT2D eigenvalue weighted by molar-refractivity contribution is 5.92. The molecule has 10 heteroatoms. The number of hydrogen-bond donors (Lipinski definition) is 1. The van der Waals surface area contributed by atoms with Crippen molar-refractivity contribution in [2.24, 2.45) is 0 Å². The predicted molar refractivity (Wildman–Crippen MR) is 114 cm³/mol. The van der Waals surface area contributed by atoms with E-state index in [1.165, 1.54) is 12.1 Å². The highest BCUT2D eigenvalue weighted by atomic mass is 19.3. The maximum Gasteiger partial charge on any atom is 0.350 e. The summed E-state index contributed by atoms with van der Waals surface area (Å²) >= 11 is 0. The maximum absolute atomic E-state index is 14.6. The monoisotopic (exact) mass is 461 g/mol. The van der Waals surface area contributed by atoms with Gasteiger partial charge in [-0.2, -0.15) is 0 Å². The fourth-order valence-corrected chi connectivity index (χ4v) is 3.63. The molecule has 4 rings (SSSR count). The molecular formula is C23H22F3N3O4. The molecule has 33 heavy (non-hydrogen) atoms. The van der Waals surface area contributed by atoms with Crippen LogP contribution in [0.1, 0.15) is 43.3 Å². The van der Waals surface area contributed by atoms with E-state index in [-0.39, 0.29) is 18.8 Å². The van der Waals surface area contributed by atoms with E-state index in [9.17, 15) is 18.0 Å². The number of esters is 1. The van der Waals surface area contributed by atoms with Crippen molar-refractivity contribution in [3.05, 3.63) is 53.1 Å². The van der Waals surface area contributed by atoms with Crippen molar-refractivity contribution in [2.75, 3.05) is 18.5 Å². The van der Waals surface area contributed by atoms with Gasteiger partial charge in [-0.25, -0.2) is 27.9 Å². The Hall–Kier alpha value is -3.56. The molecule has 1 N–H and O–H groups in total. The molecule has 1 unspecified atom stereocenters. The van der Waals surface area contributed by atoms with Gasteiger partial charge in [-0.05, 0) is 26.8 Å². The Balaban J connectivity index is 1.67. The van der Waals surface area contributed by atoms with Crippen LogP contribution in [0, 0.1) is 12.7 Å². The number of aryl methyl sites for hydroxylation is 1. The Morgan fingerprint density at radius 2 is 2.00 bits per heavy atom. The molecule has 0 radical (unpaired) electrons. The number of nitrogens with one attached hydrogen (secondary N) is 1. The van der Waals surface area contributed by atoms with Crippen LogP contribution in [0.5, 0.6) is 11.5 Å². The van der Waals surface area contributed by atoms with E-state index in [2.05, 4.69) is 15.3 Å². The van der Waals surface area contributed by atoms with Crippen LogP contribution in [-0.4, -0.2) is 35.3 Å². The number of rotatable bonds is 6. The molecule has 1 aliphatic heterocycles. The molecule has 1 aliphatic rings. The van der Waals surface area contributed by atoms with Gasteiger partial charge in [0.15, 0.2) is 11.5 Å². The molecule has 0 amide bonds. The van der Waals surface area contributed by atoms with Crippen molar-refractivity contribution >= 4 is 22.7 Å². The third kappa shape index (κ3) is 4.50. The van der Waals surface area contributed by atoms with Gasteiger partial charge in [0.05, 0.1) is 23.7 Å². The standard InChI is InChI=1S/C23H22F3N3O4/c1-4-31-23(30)19-10-32-17-8-15-16(9-18(17)33-19)28-12(3)29-22(15)27-11(2)13-6-5-7-14(20(13)24)21(25)26/h5-9,11,19,21H,4,10H2,1-3H3,(H,27,28,29)/t11-,19?/m1/s1.